The number of nitrogens with zero attached hydrogens (tertiary/aromatic N) is 5. The zero-order valence-corrected chi connectivity index (χ0v) is 17.0. The van der Waals surface area contributed by atoms with Gasteiger partial charge in [-0.15, -0.1) is 0 Å². The fourth-order valence-electron chi connectivity index (χ4n) is 3.00. The molecule has 29 heavy (non-hydrogen) atoms. The average molecular weight is 409 g/mol. The van der Waals surface area contributed by atoms with Gasteiger partial charge in [0.1, 0.15) is 12.4 Å². The van der Waals surface area contributed by atoms with Gasteiger partial charge in [0.2, 0.25) is 0 Å². The van der Waals surface area contributed by atoms with Crippen molar-refractivity contribution in [2.75, 3.05) is 7.11 Å². The van der Waals surface area contributed by atoms with Gasteiger partial charge in [-0.25, -0.2) is 9.78 Å². The van der Waals surface area contributed by atoms with Gasteiger partial charge in [-0.3, -0.25) is 0 Å². The molecule has 2 aromatic carbocycles. The Morgan fingerprint density at radius 2 is 1.93 bits per heavy atom. The Morgan fingerprint density at radius 3 is 2.66 bits per heavy atom. The van der Waals surface area contributed by atoms with Crippen LogP contribution in [0.15, 0.2) is 52.6 Å². The van der Waals surface area contributed by atoms with Crippen molar-refractivity contribution < 1.29 is 9.47 Å². The Morgan fingerprint density at radius 1 is 1.10 bits per heavy atom. The average Bonchev–Trinajstić information content (AvgIpc) is 3.33. The number of hydrogen-bond acceptors (Lipinski definition) is 7. The summed E-state index contributed by atoms with van der Waals surface area (Å²) in [5, 5.41) is 10.2. The summed E-state index contributed by atoms with van der Waals surface area (Å²) in [6.07, 6.45) is 0. The van der Waals surface area contributed by atoms with Gasteiger partial charge >= 0.3 is 5.69 Å². The molecule has 148 valence electrons. The lowest BCUT2D eigenvalue weighted by Gasteiger charge is -2.12. The van der Waals surface area contributed by atoms with E-state index in [1.807, 2.05) is 29.6 Å². The Hall–Kier alpha value is -3.46. The van der Waals surface area contributed by atoms with Crippen molar-refractivity contribution in [2.45, 2.75) is 13.5 Å². The maximum atomic E-state index is 12.3. The third-order valence-corrected chi connectivity index (χ3v) is 5.27. The molecule has 0 aliphatic carbocycles. The lowest BCUT2D eigenvalue weighted by atomic mass is 10.1. The molecule has 0 fully saturated rings. The normalized spacial score (nSPS) is 10.9. The maximum Gasteiger partial charge on any atom is 0.368 e. The number of hydrogen-bond donors (Lipinski definition) is 0. The van der Waals surface area contributed by atoms with E-state index in [0.717, 1.165) is 16.8 Å². The van der Waals surface area contributed by atoms with Crippen LogP contribution >= 0.6 is 11.3 Å². The van der Waals surface area contributed by atoms with Crippen LogP contribution in [0.25, 0.3) is 16.9 Å². The first-order valence-corrected chi connectivity index (χ1v) is 9.76. The predicted octanol–water partition coefficient (Wildman–Crippen LogP) is 2.99. The van der Waals surface area contributed by atoms with E-state index >= 15 is 0 Å². The third-order valence-electron chi connectivity index (χ3n) is 4.52. The number of methoxy groups -OCH3 is 1. The fourth-order valence-corrected chi connectivity index (χ4v) is 3.67. The second-order valence-electron chi connectivity index (χ2n) is 6.36. The summed E-state index contributed by atoms with van der Waals surface area (Å²) in [5.41, 5.74) is 3.98. The molecule has 2 aromatic heterocycles. The van der Waals surface area contributed by atoms with Crippen LogP contribution in [-0.2, 0) is 13.7 Å². The molecule has 0 aliphatic rings. The number of aryl methyl sites for hydroxylation is 2. The first-order chi connectivity index (χ1) is 14.1. The summed E-state index contributed by atoms with van der Waals surface area (Å²) in [6.45, 7) is 2.22. The van der Waals surface area contributed by atoms with Gasteiger partial charge in [0.25, 0.3) is 5.19 Å². The Kier molecular flexibility index (Phi) is 5.13. The van der Waals surface area contributed by atoms with Gasteiger partial charge in [-0.1, -0.05) is 41.7 Å². The molecule has 0 atom stereocenters. The van der Waals surface area contributed by atoms with Crippen LogP contribution < -0.4 is 15.2 Å². The number of tetrazole rings is 1. The van der Waals surface area contributed by atoms with Gasteiger partial charge in [-0.05, 0) is 35.0 Å². The van der Waals surface area contributed by atoms with Crippen LogP contribution in [0.3, 0.4) is 0 Å². The van der Waals surface area contributed by atoms with Crippen LogP contribution in [0, 0.1) is 6.92 Å². The van der Waals surface area contributed by atoms with Crippen LogP contribution in [0.4, 0.5) is 0 Å². The van der Waals surface area contributed by atoms with E-state index < -0.39 is 0 Å². The molecule has 0 saturated carbocycles. The van der Waals surface area contributed by atoms with Crippen molar-refractivity contribution in [3.05, 3.63) is 69.5 Å². The Labute approximate surface area is 171 Å². The van der Waals surface area contributed by atoms with Crippen LogP contribution in [0.2, 0.25) is 0 Å². The highest BCUT2D eigenvalue weighted by atomic mass is 32.1. The lowest BCUT2D eigenvalue weighted by Crippen LogP contribution is -2.23. The molecule has 4 aromatic rings. The van der Waals surface area contributed by atoms with E-state index in [9.17, 15) is 4.79 Å². The van der Waals surface area contributed by atoms with Crippen molar-refractivity contribution in [2.24, 2.45) is 7.05 Å². The number of ether oxygens (including phenoxy) is 2. The zero-order chi connectivity index (χ0) is 20.4. The van der Waals surface area contributed by atoms with Crippen molar-refractivity contribution in [3.63, 3.8) is 0 Å². The predicted molar refractivity (Wildman–Crippen MR) is 110 cm³/mol. The summed E-state index contributed by atoms with van der Waals surface area (Å²) in [5.74, 6) is 0.593. The van der Waals surface area contributed by atoms with E-state index in [-0.39, 0.29) is 12.3 Å². The molecule has 0 saturated heterocycles. The zero-order valence-electron chi connectivity index (χ0n) is 16.2. The molecule has 0 unspecified atom stereocenters. The van der Waals surface area contributed by atoms with Crippen molar-refractivity contribution in [1.29, 1.82) is 0 Å². The topological polar surface area (TPSA) is 84.1 Å². The van der Waals surface area contributed by atoms with Gasteiger partial charge in [0.05, 0.1) is 24.1 Å². The van der Waals surface area contributed by atoms with Crippen LogP contribution in [0.5, 0.6) is 10.9 Å². The number of aromatic nitrogens is 5. The number of benzene rings is 2. The van der Waals surface area contributed by atoms with Gasteiger partial charge in [-0.2, -0.15) is 9.36 Å². The standard InChI is InChI=1S/C20H19N5O3S/c1-13-7-4-5-8-14(13)16-12-29-19(21-16)28-11-15-17(9-6-10-18(15)27-3)25-20(26)24(2)22-23-25/h4-10,12H,11H2,1-3H3. The largest absolute Gasteiger partial charge is 0.496 e. The number of thiazole rings is 1. The van der Waals surface area contributed by atoms with Crippen LogP contribution in [-0.4, -0.2) is 31.9 Å². The summed E-state index contributed by atoms with van der Waals surface area (Å²) in [7, 11) is 3.12. The van der Waals surface area contributed by atoms with Crippen molar-refractivity contribution >= 4 is 11.3 Å². The molecule has 0 radical (unpaired) electrons. The minimum absolute atomic E-state index is 0.170. The first kappa shape index (κ1) is 18.9. The third kappa shape index (κ3) is 3.64. The Bertz CT molecular complexity index is 1210. The van der Waals surface area contributed by atoms with E-state index in [1.54, 1.807) is 26.3 Å². The molecule has 9 heteroatoms. The molecule has 0 N–H and O–H groups in total. The molecule has 0 bridgehead atoms. The molecule has 4 rings (SSSR count). The SMILES string of the molecule is COc1cccc(-n2nnn(C)c2=O)c1COc1nc(-c2ccccc2C)cs1. The molecule has 0 aliphatic heterocycles. The highest BCUT2D eigenvalue weighted by molar-refractivity contribution is 7.11. The highest BCUT2D eigenvalue weighted by Gasteiger charge is 2.17. The summed E-state index contributed by atoms with van der Waals surface area (Å²) < 4.78 is 13.8. The Balaban J connectivity index is 1.63. The van der Waals surface area contributed by atoms with Crippen molar-refractivity contribution in [1.82, 2.24) is 24.8 Å². The van der Waals surface area contributed by atoms with Crippen molar-refractivity contribution in [3.8, 4) is 27.9 Å². The minimum atomic E-state index is -0.351. The van der Waals surface area contributed by atoms with Gasteiger partial charge < -0.3 is 9.47 Å². The second kappa shape index (κ2) is 7.88. The summed E-state index contributed by atoms with van der Waals surface area (Å²) >= 11 is 1.42. The maximum absolute atomic E-state index is 12.3. The molecular weight excluding hydrogens is 390 g/mol. The fraction of sp³-hybridized carbons (Fsp3) is 0.200. The highest BCUT2D eigenvalue weighted by Crippen LogP contribution is 2.31. The van der Waals surface area contributed by atoms with E-state index in [1.165, 1.54) is 20.7 Å². The molecule has 8 nitrogen and oxygen atoms in total. The number of rotatable bonds is 6. The monoisotopic (exact) mass is 409 g/mol. The van der Waals surface area contributed by atoms with E-state index in [2.05, 4.69) is 28.4 Å². The first-order valence-electron chi connectivity index (χ1n) is 8.88. The van der Waals surface area contributed by atoms with Gasteiger partial charge in [0.15, 0.2) is 0 Å². The minimum Gasteiger partial charge on any atom is -0.496 e. The second-order valence-corrected chi connectivity index (χ2v) is 7.18. The molecule has 2 heterocycles. The molecule has 0 spiro atoms. The van der Waals surface area contributed by atoms with E-state index in [4.69, 9.17) is 9.47 Å². The summed E-state index contributed by atoms with van der Waals surface area (Å²) in [4.78, 5) is 16.9. The smallest absolute Gasteiger partial charge is 0.368 e. The van der Waals surface area contributed by atoms with Crippen LogP contribution in [0.1, 0.15) is 11.1 Å². The quantitative estimate of drug-likeness (QED) is 0.487. The van der Waals surface area contributed by atoms with E-state index in [0.29, 0.717) is 22.2 Å². The lowest BCUT2D eigenvalue weighted by molar-refractivity contribution is 0.294. The molecular formula is C20H19N5O3S. The van der Waals surface area contributed by atoms with Gasteiger partial charge in [0, 0.05) is 18.0 Å². The summed E-state index contributed by atoms with van der Waals surface area (Å²) in [6, 6.07) is 13.4. The molecule has 0 amide bonds.